The molecule has 1 aromatic rings. The van der Waals surface area contributed by atoms with Crippen molar-refractivity contribution in [2.75, 3.05) is 18.9 Å². The van der Waals surface area contributed by atoms with E-state index in [4.69, 9.17) is 4.74 Å². The van der Waals surface area contributed by atoms with Gasteiger partial charge in [0.1, 0.15) is 11.6 Å². The summed E-state index contributed by atoms with van der Waals surface area (Å²) in [6.07, 6.45) is 0.767. The highest BCUT2D eigenvalue weighted by Crippen LogP contribution is 2.25. The molecule has 1 atom stereocenters. The van der Waals surface area contributed by atoms with E-state index in [1.807, 2.05) is 0 Å². The minimum Gasteiger partial charge on any atom is -0.444 e. The maximum absolute atomic E-state index is 12.8. The lowest BCUT2D eigenvalue weighted by molar-refractivity contribution is -0.120. The first-order valence-electron chi connectivity index (χ1n) is 8.44. The molecule has 1 aliphatic rings. The molecule has 0 saturated carbocycles. The number of hydrogen-bond donors (Lipinski definition) is 2. The fourth-order valence-corrected chi connectivity index (χ4v) is 3.11. The zero-order chi connectivity index (χ0) is 19.5. The zero-order valence-electron chi connectivity index (χ0n) is 15.4. The normalized spacial score (nSPS) is 17.0. The summed E-state index contributed by atoms with van der Waals surface area (Å²) < 4.78 is 6.12. The first kappa shape index (κ1) is 20.2. The molecule has 3 amide bonds. The van der Waals surface area contributed by atoms with Crippen LogP contribution in [0.4, 0.5) is 10.5 Å². The molecule has 8 heteroatoms. The van der Waals surface area contributed by atoms with Gasteiger partial charge in [0.25, 0.3) is 5.91 Å². The fraction of sp³-hybridized carbons (Fsp3) is 0.500. The van der Waals surface area contributed by atoms with Gasteiger partial charge in [-0.05, 0) is 51.8 Å². The molecule has 2 rings (SSSR count). The van der Waals surface area contributed by atoms with Crippen LogP contribution in [0.2, 0.25) is 0 Å². The Hall–Kier alpha value is -2.09. The summed E-state index contributed by atoms with van der Waals surface area (Å²) in [6.45, 7) is 5.82. The summed E-state index contributed by atoms with van der Waals surface area (Å²) in [5.41, 5.74) is 0.114. The SMILES string of the molecule is CNC(=O)c1ccc(Br)cc1NC(=O)C1CCCN1C(=O)OC(C)(C)C. The number of amides is 3. The molecule has 1 aliphatic heterocycles. The summed E-state index contributed by atoms with van der Waals surface area (Å²) in [5, 5.41) is 5.32. The number of likely N-dealkylation sites (tertiary alicyclic amines) is 1. The monoisotopic (exact) mass is 425 g/mol. The minimum absolute atomic E-state index is 0.303. The average Bonchev–Trinajstić information content (AvgIpc) is 3.02. The van der Waals surface area contributed by atoms with Crippen molar-refractivity contribution in [2.24, 2.45) is 0 Å². The van der Waals surface area contributed by atoms with Gasteiger partial charge < -0.3 is 15.4 Å². The molecule has 1 heterocycles. The molecule has 26 heavy (non-hydrogen) atoms. The van der Waals surface area contributed by atoms with Crippen LogP contribution in [-0.2, 0) is 9.53 Å². The molecule has 1 aromatic carbocycles. The van der Waals surface area contributed by atoms with Crippen LogP contribution in [0.3, 0.4) is 0 Å². The Morgan fingerprint density at radius 2 is 1.96 bits per heavy atom. The maximum Gasteiger partial charge on any atom is 0.410 e. The first-order chi connectivity index (χ1) is 12.1. The number of ether oxygens (including phenoxy) is 1. The highest BCUT2D eigenvalue weighted by Gasteiger charge is 2.36. The van der Waals surface area contributed by atoms with E-state index in [9.17, 15) is 14.4 Å². The smallest absolute Gasteiger partial charge is 0.410 e. The van der Waals surface area contributed by atoms with Gasteiger partial charge in [0.2, 0.25) is 5.91 Å². The molecule has 7 nitrogen and oxygen atoms in total. The molecule has 0 aliphatic carbocycles. The van der Waals surface area contributed by atoms with Crippen LogP contribution in [0, 0.1) is 0 Å². The number of halogens is 1. The minimum atomic E-state index is -0.628. The fourth-order valence-electron chi connectivity index (χ4n) is 2.75. The Morgan fingerprint density at radius 3 is 2.58 bits per heavy atom. The van der Waals surface area contributed by atoms with Crippen molar-refractivity contribution in [3.8, 4) is 0 Å². The molecule has 1 unspecified atom stereocenters. The Kier molecular flexibility index (Phi) is 6.28. The third-order valence-corrected chi connectivity index (χ3v) is 4.39. The number of anilines is 1. The Balaban J connectivity index is 2.18. The second-order valence-corrected chi connectivity index (χ2v) is 8.01. The number of nitrogens with one attached hydrogen (secondary N) is 2. The lowest BCUT2D eigenvalue weighted by atomic mass is 10.1. The van der Waals surface area contributed by atoms with Crippen molar-refractivity contribution in [2.45, 2.75) is 45.3 Å². The highest BCUT2D eigenvalue weighted by molar-refractivity contribution is 9.10. The Bertz CT molecular complexity index is 715. The number of benzene rings is 1. The van der Waals surface area contributed by atoms with Crippen molar-refractivity contribution >= 4 is 39.5 Å². The molecule has 1 fully saturated rings. The van der Waals surface area contributed by atoms with Crippen LogP contribution in [0.1, 0.15) is 44.0 Å². The summed E-state index contributed by atoms with van der Waals surface area (Å²) in [6, 6.07) is 4.39. The predicted octanol–water partition coefficient (Wildman–Crippen LogP) is 3.15. The first-order valence-corrected chi connectivity index (χ1v) is 9.24. The van der Waals surface area contributed by atoms with Gasteiger partial charge in [-0.15, -0.1) is 0 Å². The second-order valence-electron chi connectivity index (χ2n) is 7.09. The van der Waals surface area contributed by atoms with Gasteiger partial charge in [-0.25, -0.2) is 4.79 Å². The Morgan fingerprint density at radius 1 is 1.27 bits per heavy atom. The number of rotatable bonds is 3. The molecule has 0 spiro atoms. The van der Waals surface area contributed by atoms with Crippen molar-refractivity contribution in [1.29, 1.82) is 0 Å². The van der Waals surface area contributed by atoms with Crippen LogP contribution in [0.15, 0.2) is 22.7 Å². The lowest BCUT2D eigenvalue weighted by Crippen LogP contribution is -2.45. The van der Waals surface area contributed by atoms with Crippen LogP contribution >= 0.6 is 15.9 Å². The third-order valence-electron chi connectivity index (χ3n) is 3.89. The number of nitrogens with zero attached hydrogens (tertiary/aromatic N) is 1. The molecule has 0 radical (unpaired) electrons. The van der Waals surface area contributed by atoms with E-state index >= 15 is 0 Å². The zero-order valence-corrected chi connectivity index (χ0v) is 17.0. The average molecular weight is 426 g/mol. The predicted molar refractivity (Wildman–Crippen MR) is 102 cm³/mol. The van der Waals surface area contributed by atoms with Crippen LogP contribution < -0.4 is 10.6 Å². The van der Waals surface area contributed by atoms with Crippen molar-refractivity contribution < 1.29 is 19.1 Å². The molecule has 2 N–H and O–H groups in total. The molecule has 142 valence electrons. The van der Waals surface area contributed by atoms with Gasteiger partial charge >= 0.3 is 6.09 Å². The summed E-state index contributed by atoms with van der Waals surface area (Å²) >= 11 is 3.34. The quantitative estimate of drug-likeness (QED) is 0.778. The molecular weight excluding hydrogens is 402 g/mol. The number of carbonyl (C=O) groups excluding carboxylic acids is 3. The van der Waals surface area contributed by atoms with Gasteiger partial charge in [-0.2, -0.15) is 0 Å². The number of carbonyl (C=O) groups is 3. The van der Waals surface area contributed by atoms with E-state index in [0.29, 0.717) is 24.2 Å². The van der Waals surface area contributed by atoms with E-state index in [1.54, 1.807) is 39.0 Å². The van der Waals surface area contributed by atoms with E-state index in [1.165, 1.54) is 11.9 Å². The Labute approximate surface area is 161 Å². The summed E-state index contributed by atoms with van der Waals surface area (Å²) in [4.78, 5) is 38.6. The summed E-state index contributed by atoms with van der Waals surface area (Å²) in [5.74, 6) is -0.639. The second kappa shape index (κ2) is 8.07. The highest BCUT2D eigenvalue weighted by atomic mass is 79.9. The molecule has 0 aromatic heterocycles. The van der Waals surface area contributed by atoms with Gasteiger partial charge in [0.05, 0.1) is 11.3 Å². The molecular formula is C18H24BrN3O4. The molecule has 1 saturated heterocycles. The van der Waals surface area contributed by atoms with Crippen LogP contribution in [0.5, 0.6) is 0 Å². The standard InChI is InChI=1S/C18H24BrN3O4/c1-18(2,3)26-17(25)22-9-5-6-14(22)16(24)21-13-10-11(19)7-8-12(13)15(23)20-4/h7-8,10,14H,5-6,9H2,1-4H3,(H,20,23)(H,21,24). The number of hydrogen-bond acceptors (Lipinski definition) is 4. The van der Waals surface area contributed by atoms with Crippen molar-refractivity contribution in [1.82, 2.24) is 10.2 Å². The largest absolute Gasteiger partial charge is 0.444 e. The van der Waals surface area contributed by atoms with Gasteiger partial charge in [-0.1, -0.05) is 15.9 Å². The molecule has 0 bridgehead atoms. The van der Waals surface area contributed by atoms with Gasteiger partial charge in [0.15, 0.2) is 0 Å². The summed E-state index contributed by atoms with van der Waals surface area (Å²) in [7, 11) is 1.52. The van der Waals surface area contributed by atoms with Gasteiger partial charge in [0, 0.05) is 18.1 Å². The van der Waals surface area contributed by atoms with Crippen LogP contribution in [-0.4, -0.2) is 48.0 Å². The topological polar surface area (TPSA) is 87.7 Å². The van der Waals surface area contributed by atoms with Crippen molar-refractivity contribution in [3.63, 3.8) is 0 Å². The van der Waals surface area contributed by atoms with E-state index in [2.05, 4.69) is 26.6 Å². The van der Waals surface area contributed by atoms with E-state index < -0.39 is 17.7 Å². The third kappa shape index (κ3) is 4.97. The maximum atomic E-state index is 12.8. The van der Waals surface area contributed by atoms with Crippen LogP contribution in [0.25, 0.3) is 0 Å². The van der Waals surface area contributed by atoms with Crippen molar-refractivity contribution in [3.05, 3.63) is 28.2 Å². The van der Waals surface area contributed by atoms with E-state index in [0.717, 1.165) is 10.9 Å². The lowest BCUT2D eigenvalue weighted by Gasteiger charge is -2.28. The van der Waals surface area contributed by atoms with Gasteiger partial charge in [-0.3, -0.25) is 14.5 Å². The van der Waals surface area contributed by atoms with E-state index in [-0.39, 0.29) is 11.8 Å².